The topological polar surface area (TPSA) is 71.1 Å². The summed E-state index contributed by atoms with van der Waals surface area (Å²) in [5.74, 6) is -0.928. The molecule has 1 aromatic carbocycles. The molecule has 4 fully saturated rings. The van der Waals surface area contributed by atoms with Gasteiger partial charge < -0.3 is 18.9 Å². The smallest absolute Gasteiger partial charge is 0.337 e. The lowest BCUT2D eigenvalue weighted by atomic mass is 9.46. The molecule has 0 aromatic heterocycles. The molecule has 2 aliphatic carbocycles. The van der Waals surface area contributed by atoms with Crippen LogP contribution in [-0.4, -0.2) is 37.4 Å². The standard InChI is InChI=1S/C30H38O6/c1-19-11-14-25-28(3,23(19)13-12-22-24(35-20(2)31)17-33-27(22)32)16-15-26-29(25,4)18-34-30(5,36-26)21-9-7-6-8-10-21/h6-10,12,23-26H,1,11,13-18H2,2-5H3/b22-12+/t23-,24+,25?,26+,28+,29-,30-/m0/s1. The van der Waals surface area contributed by atoms with Gasteiger partial charge in [-0.1, -0.05) is 62.4 Å². The van der Waals surface area contributed by atoms with Gasteiger partial charge in [-0.15, -0.1) is 0 Å². The van der Waals surface area contributed by atoms with Crippen molar-refractivity contribution in [2.24, 2.45) is 22.7 Å². The van der Waals surface area contributed by atoms with Crippen molar-refractivity contribution in [3.8, 4) is 0 Å². The van der Waals surface area contributed by atoms with Crippen LogP contribution in [0.25, 0.3) is 0 Å². The van der Waals surface area contributed by atoms with Crippen molar-refractivity contribution >= 4 is 11.9 Å². The van der Waals surface area contributed by atoms with Gasteiger partial charge in [0.2, 0.25) is 0 Å². The van der Waals surface area contributed by atoms with Crippen molar-refractivity contribution in [2.75, 3.05) is 13.2 Å². The maximum atomic E-state index is 12.4. The van der Waals surface area contributed by atoms with Crippen molar-refractivity contribution in [1.82, 2.24) is 0 Å². The minimum atomic E-state index is -0.740. The van der Waals surface area contributed by atoms with E-state index in [0.717, 1.165) is 31.2 Å². The summed E-state index contributed by atoms with van der Waals surface area (Å²) in [7, 11) is 0. The van der Waals surface area contributed by atoms with Gasteiger partial charge in [-0.25, -0.2) is 4.79 Å². The quantitative estimate of drug-likeness (QED) is 0.314. The van der Waals surface area contributed by atoms with Crippen LogP contribution in [0.5, 0.6) is 0 Å². The lowest BCUT2D eigenvalue weighted by Gasteiger charge is -2.63. The van der Waals surface area contributed by atoms with Crippen LogP contribution in [0.2, 0.25) is 0 Å². The van der Waals surface area contributed by atoms with Crippen LogP contribution >= 0.6 is 0 Å². The number of hydrogen-bond acceptors (Lipinski definition) is 6. The van der Waals surface area contributed by atoms with Crippen molar-refractivity contribution in [1.29, 1.82) is 0 Å². The number of hydrogen-bond donors (Lipinski definition) is 0. The number of allylic oxidation sites excluding steroid dienone is 2. The fraction of sp³-hybridized carbons (Fsp3) is 0.600. The fourth-order valence-corrected chi connectivity index (χ4v) is 7.50. The second-order valence-corrected chi connectivity index (χ2v) is 11.7. The van der Waals surface area contributed by atoms with E-state index in [0.29, 0.717) is 24.5 Å². The molecule has 194 valence electrons. The highest BCUT2D eigenvalue weighted by Crippen LogP contribution is 2.64. The Morgan fingerprint density at radius 1 is 1.17 bits per heavy atom. The Kier molecular flexibility index (Phi) is 6.40. The number of carbonyl (C=O) groups excluding carboxylic acids is 2. The molecule has 1 unspecified atom stereocenters. The van der Waals surface area contributed by atoms with Gasteiger partial charge in [0.1, 0.15) is 6.61 Å². The number of esters is 2. The summed E-state index contributed by atoms with van der Waals surface area (Å²) in [6.45, 7) is 13.3. The normalized spacial score (nSPS) is 41.4. The van der Waals surface area contributed by atoms with Crippen LogP contribution in [0, 0.1) is 22.7 Å². The predicted molar refractivity (Wildman–Crippen MR) is 135 cm³/mol. The molecule has 2 heterocycles. The summed E-state index contributed by atoms with van der Waals surface area (Å²) in [6, 6.07) is 10.2. The second-order valence-electron chi connectivity index (χ2n) is 11.7. The highest BCUT2D eigenvalue weighted by molar-refractivity contribution is 5.92. The Morgan fingerprint density at radius 3 is 2.64 bits per heavy atom. The van der Waals surface area contributed by atoms with Crippen LogP contribution in [0.1, 0.15) is 65.4 Å². The summed E-state index contributed by atoms with van der Waals surface area (Å²) in [6.07, 6.45) is 6.07. The minimum Gasteiger partial charge on any atom is -0.458 e. The van der Waals surface area contributed by atoms with Gasteiger partial charge in [-0.2, -0.15) is 0 Å². The van der Waals surface area contributed by atoms with Crippen LogP contribution in [0.15, 0.2) is 54.1 Å². The van der Waals surface area contributed by atoms with Gasteiger partial charge in [-0.05, 0) is 56.3 Å². The average Bonchev–Trinajstić information content (AvgIpc) is 3.18. The number of cyclic esters (lactones) is 1. The first-order chi connectivity index (χ1) is 17.1. The van der Waals surface area contributed by atoms with Crippen molar-refractivity contribution in [3.63, 3.8) is 0 Å². The molecule has 0 spiro atoms. The van der Waals surface area contributed by atoms with Gasteiger partial charge >= 0.3 is 11.9 Å². The Hall–Kier alpha value is -2.44. The minimum absolute atomic E-state index is 0.00426. The van der Waals surface area contributed by atoms with E-state index >= 15 is 0 Å². The van der Waals surface area contributed by atoms with Crippen molar-refractivity contribution < 1.29 is 28.5 Å². The van der Waals surface area contributed by atoms with Gasteiger partial charge in [0.05, 0.1) is 18.3 Å². The number of ether oxygens (including phenoxy) is 4. The molecule has 6 heteroatoms. The molecular formula is C30H38O6. The number of benzene rings is 1. The molecule has 2 saturated carbocycles. The van der Waals surface area contributed by atoms with Crippen LogP contribution < -0.4 is 0 Å². The van der Waals surface area contributed by atoms with E-state index in [1.54, 1.807) is 0 Å². The SMILES string of the molecule is C=C1CCC2[C@]3(C)CO[C@](C)(c4ccccc4)O[C@@H]3CC[C@]2(C)[C@H]1C/C=C1/C(=O)OC[C@H]1OC(C)=O. The molecule has 1 aromatic rings. The fourth-order valence-electron chi connectivity index (χ4n) is 7.50. The van der Waals surface area contributed by atoms with E-state index in [1.165, 1.54) is 12.5 Å². The van der Waals surface area contributed by atoms with Gasteiger partial charge in [0.15, 0.2) is 11.9 Å². The second kappa shape index (κ2) is 9.14. The van der Waals surface area contributed by atoms with Crippen LogP contribution in [0.4, 0.5) is 0 Å². The summed E-state index contributed by atoms with van der Waals surface area (Å²) < 4.78 is 23.8. The van der Waals surface area contributed by atoms with Gasteiger partial charge in [0.25, 0.3) is 0 Å². The summed E-state index contributed by atoms with van der Waals surface area (Å²) >= 11 is 0. The van der Waals surface area contributed by atoms with Crippen LogP contribution in [-0.2, 0) is 34.3 Å². The van der Waals surface area contributed by atoms with Gasteiger partial charge in [-0.3, -0.25) is 4.79 Å². The third kappa shape index (κ3) is 4.12. The molecule has 5 rings (SSSR count). The molecule has 7 atom stereocenters. The largest absolute Gasteiger partial charge is 0.458 e. The molecule has 2 saturated heterocycles. The molecule has 6 nitrogen and oxygen atoms in total. The van der Waals surface area contributed by atoms with Crippen molar-refractivity contribution in [3.05, 3.63) is 59.7 Å². The highest BCUT2D eigenvalue weighted by atomic mass is 16.7. The zero-order chi connectivity index (χ0) is 25.7. The Balaban J connectivity index is 1.38. The third-order valence-electron chi connectivity index (χ3n) is 9.47. The maximum absolute atomic E-state index is 12.4. The zero-order valence-corrected chi connectivity index (χ0v) is 21.9. The Morgan fingerprint density at radius 2 is 1.92 bits per heavy atom. The first-order valence-corrected chi connectivity index (χ1v) is 13.2. The number of carbonyl (C=O) groups is 2. The molecule has 2 aliphatic heterocycles. The molecule has 4 aliphatic rings. The van der Waals surface area contributed by atoms with Crippen LogP contribution in [0.3, 0.4) is 0 Å². The number of fused-ring (bicyclic) bond motifs is 3. The predicted octanol–water partition coefficient (Wildman–Crippen LogP) is 5.47. The Labute approximate surface area is 214 Å². The summed E-state index contributed by atoms with van der Waals surface area (Å²) in [4.78, 5) is 23.9. The van der Waals surface area contributed by atoms with Gasteiger partial charge in [0, 0.05) is 17.9 Å². The lowest BCUT2D eigenvalue weighted by molar-refractivity contribution is -0.359. The molecule has 36 heavy (non-hydrogen) atoms. The molecular weight excluding hydrogens is 456 g/mol. The molecule has 0 radical (unpaired) electrons. The monoisotopic (exact) mass is 494 g/mol. The first-order valence-electron chi connectivity index (χ1n) is 13.2. The molecule has 0 bridgehead atoms. The van der Waals surface area contributed by atoms with E-state index in [1.807, 2.05) is 31.2 Å². The van der Waals surface area contributed by atoms with E-state index in [2.05, 4.69) is 32.6 Å². The zero-order valence-electron chi connectivity index (χ0n) is 21.9. The first kappa shape index (κ1) is 25.2. The Bertz CT molecular complexity index is 1080. The average molecular weight is 495 g/mol. The maximum Gasteiger partial charge on any atom is 0.337 e. The molecule has 0 amide bonds. The van der Waals surface area contributed by atoms with E-state index in [4.69, 9.17) is 18.9 Å². The van der Waals surface area contributed by atoms with E-state index in [9.17, 15) is 9.59 Å². The lowest BCUT2D eigenvalue weighted by Crippen LogP contribution is -2.62. The van der Waals surface area contributed by atoms with Crippen molar-refractivity contribution in [2.45, 2.75) is 77.8 Å². The third-order valence-corrected chi connectivity index (χ3v) is 9.47. The van der Waals surface area contributed by atoms with E-state index in [-0.39, 0.29) is 29.5 Å². The number of rotatable bonds is 4. The summed E-state index contributed by atoms with van der Waals surface area (Å²) in [5, 5.41) is 0. The molecule has 0 N–H and O–H groups in total. The summed E-state index contributed by atoms with van der Waals surface area (Å²) in [5.41, 5.74) is 2.62. The van der Waals surface area contributed by atoms with E-state index < -0.39 is 23.8 Å². The highest BCUT2D eigenvalue weighted by Gasteiger charge is 2.61.